The van der Waals surface area contributed by atoms with E-state index in [4.69, 9.17) is 4.42 Å². The summed E-state index contributed by atoms with van der Waals surface area (Å²) >= 11 is 3.30. The Hall–Kier alpha value is -3.72. The number of nitro groups is 1. The quantitative estimate of drug-likeness (QED) is 0.307. The van der Waals surface area contributed by atoms with Gasteiger partial charge in [0.15, 0.2) is 0 Å². The Bertz CT molecular complexity index is 1110. The van der Waals surface area contributed by atoms with Crippen LogP contribution in [0.4, 0.5) is 5.69 Å². The Morgan fingerprint density at radius 2 is 1.90 bits per heavy atom. The van der Waals surface area contributed by atoms with Crippen LogP contribution in [0.2, 0.25) is 0 Å². The van der Waals surface area contributed by atoms with Gasteiger partial charge in [0, 0.05) is 22.2 Å². The number of nitrogens with one attached hydrogen (secondary N) is 2. The molecule has 0 saturated carbocycles. The third kappa shape index (κ3) is 5.65. The van der Waals surface area contributed by atoms with E-state index in [9.17, 15) is 19.7 Å². The van der Waals surface area contributed by atoms with Gasteiger partial charge in [-0.1, -0.05) is 34.1 Å². The molecule has 2 N–H and O–H groups in total. The van der Waals surface area contributed by atoms with Crippen molar-refractivity contribution in [1.82, 2.24) is 10.6 Å². The molecule has 152 valence electrons. The third-order valence-corrected chi connectivity index (χ3v) is 4.47. The molecule has 2 aromatic carbocycles. The molecular weight excluding hydrogens is 454 g/mol. The molecule has 0 aliphatic rings. The van der Waals surface area contributed by atoms with Gasteiger partial charge in [0.1, 0.15) is 11.5 Å². The predicted molar refractivity (Wildman–Crippen MR) is 113 cm³/mol. The standard InChI is InChI=1S/C21H16BrN3O5/c22-16-6-2-5-15(12-16)20(26)24-19(21(27)23-13-18-8-3-9-30-18)11-14-4-1-7-17(10-14)25(28)29/h1-12H,13H2,(H,23,27)(H,24,26). The van der Waals surface area contributed by atoms with Crippen molar-refractivity contribution < 1.29 is 18.9 Å². The van der Waals surface area contributed by atoms with Crippen LogP contribution in [0.15, 0.2) is 81.5 Å². The van der Waals surface area contributed by atoms with Gasteiger partial charge in [-0.25, -0.2) is 0 Å². The van der Waals surface area contributed by atoms with Crippen molar-refractivity contribution in [2.45, 2.75) is 6.54 Å². The Morgan fingerprint density at radius 3 is 2.60 bits per heavy atom. The number of non-ortho nitro benzene ring substituents is 1. The molecule has 1 aromatic heterocycles. The topological polar surface area (TPSA) is 114 Å². The van der Waals surface area contributed by atoms with E-state index in [-0.39, 0.29) is 17.9 Å². The highest BCUT2D eigenvalue weighted by Gasteiger charge is 2.16. The van der Waals surface area contributed by atoms with Crippen LogP contribution in [0, 0.1) is 10.1 Å². The van der Waals surface area contributed by atoms with Crippen LogP contribution in [0.5, 0.6) is 0 Å². The van der Waals surface area contributed by atoms with Crippen molar-refractivity contribution in [2.75, 3.05) is 0 Å². The smallest absolute Gasteiger partial charge is 0.270 e. The molecule has 0 bridgehead atoms. The highest BCUT2D eigenvalue weighted by molar-refractivity contribution is 9.10. The first kappa shape index (κ1) is 21.0. The first-order chi connectivity index (χ1) is 14.4. The molecular formula is C21H16BrN3O5. The Labute approximate surface area is 179 Å². The lowest BCUT2D eigenvalue weighted by Crippen LogP contribution is -2.34. The lowest BCUT2D eigenvalue weighted by molar-refractivity contribution is -0.384. The molecule has 2 amide bonds. The summed E-state index contributed by atoms with van der Waals surface area (Å²) in [5, 5.41) is 16.3. The van der Waals surface area contributed by atoms with Crippen molar-refractivity contribution in [3.05, 3.63) is 104 Å². The van der Waals surface area contributed by atoms with E-state index in [0.29, 0.717) is 21.4 Å². The van der Waals surface area contributed by atoms with E-state index in [1.54, 1.807) is 42.5 Å². The summed E-state index contributed by atoms with van der Waals surface area (Å²) < 4.78 is 5.90. The summed E-state index contributed by atoms with van der Waals surface area (Å²) in [7, 11) is 0. The minimum absolute atomic E-state index is 0.0629. The number of rotatable bonds is 7. The van der Waals surface area contributed by atoms with Crippen LogP contribution in [0.1, 0.15) is 21.7 Å². The van der Waals surface area contributed by atoms with Crippen LogP contribution in [-0.4, -0.2) is 16.7 Å². The van der Waals surface area contributed by atoms with Crippen molar-refractivity contribution in [3.63, 3.8) is 0 Å². The average Bonchev–Trinajstić information content (AvgIpc) is 3.25. The van der Waals surface area contributed by atoms with Gasteiger partial charge in [0.25, 0.3) is 17.5 Å². The molecule has 30 heavy (non-hydrogen) atoms. The molecule has 3 rings (SSSR count). The maximum atomic E-state index is 12.7. The Balaban J connectivity index is 1.87. The molecule has 0 saturated heterocycles. The minimum Gasteiger partial charge on any atom is -0.467 e. The number of hydrogen-bond acceptors (Lipinski definition) is 5. The maximum absolute atomic E-state index is 12.7. The van der Waals surface area contributed by atoms with Gasteiger partial charge in [0.2, 0.25) is 0 Å². The SMILES string of the molecule is O=C(NCc1ccco1)C(=Cc1cccc([N+](=O)[O-])c1)NC(=O)c1cccc(Br)c1. The number of nitro benzene ring substituents is 1. The summed E-state index contributed by atoms with van der Waals surface area (Å²) in [6, 6.07) is 15.8. The second-order valence-electron chi connectivity index (χ2n) is 6.14. The zero-order chi connectivity index (χ0) is 21.5. The van der Waals surface area contributed by atoms with Crippen LogP contribution in [-0.2, 0) is 11.3 Å². The molecule has 0 atom stereocenters. The van der Waals surface area contributed by atoms with Crippen molar-refractivity contribution in [1.29, 1.82) is 0 Å². The highest BCUT2D eigenvalue weighted by atomic mass is 79.9. The number of halogens is 1. The monoisotopic (exact) mass is 469 g/mol. The summed E-state index contributed by atoms with van der Waals surface area (Å²) in [5.41, 5.74) is 0.541. The average molecular weight is 470 g/mol. The minimum atomic E-state index is -0.568. The van der Waals surface area contributed by atoms with Crippen molar-refractivity contribution >= 4 is 39.5 Å². The Morgan fingerprint density at radius 1 is 1.10 bits per heavy atom. The van der Waals surface area contributed by atoms with E-state index in [1.807, 2.05) is 0 Å². The third-order valence-electron chi connectivity index (χ3n) is 3.97. The molecule has 0 aliphatic carbocycles. The summed E-state index contributed by atoms with van der Waals surface area (Å²) in [4.78, 5) is 35.8. The fourth-order valence-corrected chi connectivity index (χ4v) is 2.95. The van der Waals surface area contributed by atoms with Crippen molar-refractivity contribution in [3.8, 4) is 0 Å². The van der Waals surface area contributed by atoms with Gasteiger partial charge in [-0.3, -0.25) is 19.7 Å². The number of amides is 2. The first-order valence-corrected chi connectivity index (χ1v) is 9.55. The van der Waals surface area contributed by atoms with Crippen LogP contribution in [0.25, 0.3) is 6.08 Å². The normalized spacial score (nSPS) is 11.0. The number of hydrogen-bond donors (Lipinski definition) is 2. The van der Waals surface area contributed by atoms with Crippen LogP contribution < -0.4 is 10.6 Å². The van der Waals surface area contributed by atoms with Crippen LogP contribution >= 0.6 is 15.9 Å². The number of carbonyl (C=O) groups is 2. The van der Waals surface area contributed by atoms with Crippen LogP contribution in [0.3, 0.4) is 0 Å². The van der Waals surface area contributed by atoms with E-state index in [1.165, 1.54) is 30.5 Å². The molecule has 8 nitrogen and oxygen atoms in total. The molecule has 3 aromatic rings. The molecule has 0 radical (unpaired) electrons. The fourth-order valence-electron chi connectivity index (χ4n) is 2.55. The molecule has 0 aliphatic heterocycles. The van der Waals surface area contributed by atoms with Gasteiger partial charge >= 0.3 is 0 Å². The van der Waals surface area contributed by atoms with E-state index in [2.05, 4.69) is 26.6 Å². The van der Waals surface area contributed by atoms with E-state index in [0.717, 1.165) is 0 Å². The number of benzene rings is 2. The predicted octanol–water partition coefficient (Wildman–Crippen LogP) is 4.04. The summed E-state index contributed by atoms with van der Waals surface area (Å²) in [5.74, 6) is -0.529. The zero-order valence-corrected chi connectivity index (χ0v) is 17.1. The second kappa shape index (κ2) is 9.66. The van der Waals surface area contributed by atoms with Crippen molar-refractivity contribution in [2.24, 2.45) is 0 Å². The van der Waals surface area contributed by atoms with Gasteiger partial charge < -0.3 is 15.1 Å². The highest BCUT2D eigenvalue weighted by Crippen LogP contribution is 2.16. The summed E-state index contributed by atoms with van der Waals surface area (Å²) in [6.45, 7) is 0.116. The van der Waals surface area contributed by atoms with E-state index >= 15 is 0 Å². The van der Waals surface area contributed by atoms with Gasteiger partial charge in [0.05, 0.1) is 17.7 Å². The zero-order valence-electron chi connectivity index (χ0n) is 15.5. The largest absolute Gasteiger partial charge is 0.467 e. The molecule has 9 heteroatoms. The Kier molecular flexibility index (Phi) is 6.76. The fraction of sp³-hybridized carbons (Fsp3) is 0.0476. The molecule has 0 spiro atoms. The van der Waals surface area contributed by atoms with Gasteiger partial charge in [-0.2, -0.15) is 0 Å². The maximum Gasteiger partial charge on any atom is 0.270 e. The summed E-state index contributed by atoms with van der Waals surface area (Å²) in [6.07, 6.45) is 2.86. The van der Waals surface area contributed by atoms with Gasteiger partial charge in [-0.15, -0.1) is 0 Å². The first-order valence-electron chi connectivity index (χ1n) is 8.76. The lowest BCUT2D eigenvalue weighted by Gasteiger charge is -2.11. The lowest BCUT2D eigenvalue weighted by atomic mass is 10.1. The molecule has 1 heterocycles. The number of nitrogens with zero attached hydrogens (tertiary/aromatic N) is 1. The number of carbonyl (C=O) groups excluding carboxylic acids is 2. The van der Waals surface area contributed by atoms with E-state index < -0.39 is 16.7 Å². The second-order valence-corrected chi connectivity index (χ2v) is 7.05. The van der Waals surface area contributed by atoms with Gasteiger partial charge in [-0.05, 0) is 42.0 Å². The molecule has 0 unspecified atom stereocenters. The number of furan rings is 1. The molecule has 0 fully saturated rings.